The molecule has 0 aromatic carbocycles. The third-order valence-corrected chi connectivity index (χ3v) is 3.28. The second-order valence-corrected chi connectivity index (χ2v) is 4.59. The Morgan fingerprint density at radius 2 is 2.31 bits per heavy atom. The molecule has 0 saturated heterocycles. The molecule has 1 fully saturated rings. The van der Waals surface area contributed by atoms with Gasteiger partial charge in [0.2, 0.25) is 0 Å². The molecular weight excluding hydrogens is 230 g/mol. The zero-order valence-corrected chi connectivity index (χ0v) is 9.45. The van der Waals surface area contributed by atoms with Crippen molar-refractivity contribution in [1.82, 2.24) is 14.1 Å². The Morgan fingerprint density at radius 1 is 1.62 bits per heavy atom. The minimum atomic E-state index is -1.19. The van der Waals surface area contributed by atoms with Gasteiger partial charge in [-0.15, -0.1) is 0 Å². The van der Waals surface area contributed by atoms with Crippen molar-refractivity contribution in [3.63, 3.8) is 0 Å². The Morgan fingerprint density at radius 3 is 2.75 bits per heavy atom. The number of hydrogen-bond acceptors (Lipinski definition) is 5. The minimum Gasteiger partial charge on any atom is -0.480 e. The molecular formula is C9H11N3O3S. The standard InChI is InChI=1S/C9H11N3O3S/c1-9(8(14)15,5-2-3-5)11-7(13)6-4-10-16-12-6/h4-5H,2-3H2,1H3,(H,11,13)(H,14,15). The van der Waals surface area contributed by atoms with E-state index in [-0.39, 0.29) is 11.6 Å². The number of carboxylic acid groups (broad SMARTS) is 1. The van der Waals surface area contributed by atoms with E-state index in [1.54, 1.807) is 0 Å². The lowest BCUT2D eigenvalue weighted by Crippen LogP contribution is -2.54. The number of hydrogen-bond donors (Lipinski definition) is 2. The number of rotatable bonds is 4. The number of carbonyl (C=O) groups is 2. The SMILES string of the molecule is CC(NC(=O)c1cnsn1)(C(=O)O)C1CC1. The topological polar surface area (TPSA) is 92.2 Å². The molecule has 1 atom stereocenters. The van der Waals surface area contributed by atoms with Crippen molar-refractivity contribution in [3.8, 4) is 0 Å². The van der Waals surface area contributed by atoms with Crippen LogP contribution in [0.5, 0.6) is 0 Å². The number of carboxylic acids is 1. The highest BCUT2D eigenvalue weighted by molar-refractivity contribution is 6.99. The van der Waals surface area contributed by atoms with E-state index in [4.69, 9.17) is 5.11 Å². The van der Waals surface area contributed by atoms with Gasteiger partial charge in [0.1, 0.15) is 5.54 Å². The van der Waals surface area contributed by atoms with E-state index in [2.05, 4.69) is 14.1 Å². The van der Waals surface area contributed by atoms with Crippen LogP contribution in [0.4, 0.5) is 0 Å². The lowest BCUT2D eigenvalue weighted by Gasteiger charge is -2.25. The summed E-state index contributed by atoms with van der Waals surface area (Å²) in [6.07, 6.45) is 2.99. The number of nitrogens with zero attached hydrogens (tertiary/aromatic N) is 2. The van der Waals surface area contributed by atoms with Gasteiger partial charge in [0.05, 0.1) is 17.9 Å². The van der Waals surface area contributed by atoms with Crippen molar-refractivity contribution in [1.29, 1.82) is 0 Å². The van der Waals surface area contributed by atoms with E-state index >= 15 is 0 Å². The second kappa shape index (κ2) is 3.82. The van der Waals surface area contributed by atoms with Gasteiger partial charge in [0.25, 0.3) is 5.91 Å². The zero-order valence-electron chi connectivity index (χ0n) is 8.64. The Bertz CT molecular complexity index is 416. The summed E-state index contributed by atoms with van der Waals surface area (Å²) in [7, 11) is 0. The van der Waals surface area contributed by atoms with Crippen molar-refractivity contribution < 1.29 is 14.7 Å². The van der Waals surface area contributed by atoms with Crippen LogP contribution in [0.2, 0.25) is 0 Å². The molecule has 1 aliphatic rings. The average Bonchev–Trinajstić information content (AvgIpc) is 2.94. The number of aliphatic carboxylic acids is 1. The summed E-state index contributed by atoms with van der Waals surface area (Å²) < 4.78 is 7.47. The van der Waals surface area contributed by atoms with Gasteiger partial charge in [-0.1, -0.05) is 0 Å². The Hall–Kier alpha value is -1.50. The maximum Gasteiger partial charge on any atom is 0.329 e. The third-order valence-electron chi connectivity index (χ3n) is 2.81. The van der Waals surface area contributed by atoms with Crippen molar-refractivity contribution in [3.05, 3.63) is 11.9 Å². The lowest BCUT2D eigenvalue weighted by molar-refractivity contribution is -0.144. The summed E-state index contributed by atoms with van der Waals surface area (Å²) >= 11 is 0.918. The molecule has 7 heteroatoms. The summed E-state index contributed by atoms with van der Waals surface area (Å²) in [4.78, 5) is 22.8. The van der Waals surface area contributed by atoms with Gasteiger partial charge >= 0.3 is 5.97 Å². The van der Waals surface area contributed by atoms with Gasteiger partial charge in [-0.2, -0.15) is 8.75 Å². The number of carbonyl (C=O) groups excluding carboxylic acids is 1. The van der Waals surface area contributed by atoms with Crippen molar-refractivity contribution in [2.45, 2.75) is 25.3 Å². The highest BCUT2D eigenvalue weighted by atomic mass is 32.1. The van der Waals surface area contributed by atoms with Crippen molar-refractivity contribution >= 4 is 23.6 Å². The fourth-order valence-corrected chi connectivity index (χ4v) is 1.97. The van der Waals surface area contributed by atoms with E-state index < -0.39 is 17.4 Å². The van der Waals surface area contributed by atoms with E-state index in [0.29, 0.717) is 0 Å². The molecule has 0 radical (unpaired) electrons. The molecule has 1 heterocycles. The summed E-state index contributed by atoms with van der Waals surface area (Å²) in [6, 6.07) is 0. The number of nitrogens with one attached hydrogen (secondary N) is 1. The fourth-order valence-electron chi connectivity index (χ4n) is 1.56. The average molecular weight is 241 g/mol. The molecule has 2 rings (SSSR count). The van der Waals surface area contributed by atoms with Gasteiger partial charge < -0.3 is 10.4 Å². The molecule has 1 saturated carbocycles. The monoisotopic (exact) mass is 241 g/mol. The molecule has 2 N–H and O–H groups in total. The molecule has 0 bridgehead atoms. The summed E-state index contributed by atoms with van der Waals surface area (Å²) in [5.74, 6) is -1.47. The highest BCUT2D eigenvalue weighted by Crippen LogP contribution is 2.39. The predicted octanol–water partition coefficient (Wildman–Crippen LogP) is 0.521. The van der Waals surface area contributed by atoms with Crippen LogP contribution in [0.15, 0.2) is 6.20 Å². The van der Waals surface area contributed by atoms with Gasteiger partial charge in [-0.3, -0.25) is 4.79 Å². The fraction of sp³-hybridized carbons (Fsp3) is 0.556. The van der Waals surface area contributed by atoms with Crippen LogP contribution < -0.4 is 5.32 Å². The van der Waals surface area contributed by atoms with Crippen LogP contribution in [0.1, 0.15) is 30.3 Å². The Balaban J connectivity index is 2.12. The first-order chi connectivity index (χ1) is 7.54. The summed E-state index contributed by atoms with van der Waals surface area (Å²) in [6.45, 7) is 1.53. The summed E-state index contributed by atoms with van der Waals surface area (Å²) in [5, 5.41) is 11.7. The molecule has 1 aliphatic carbocycles. The molecule has 6 nitrogen and oxygen atoms in total. The third kappa shape index (κ3) is 1.90. The number of aromatic nitrogens is 2. The van der Waals surface area contributed by atoms with E-state index in [9.17, 15) is 9.59 Å². The van der Waals surface area contributed by atoms with Crippen LogP contribution in [-0.2, 0) is 4.79 Å². The first kappa shape index (κ1) is 11.0. The van der Waals surface area contributed by atoms with Crippen LogP contribution in [0.3, 0.4) is 0 Å². The molecule has 1 unspecified atom stereocenters. The molecule has 1 aromatic rings. The smallest absolute Gasteiger partial charge is 0.329 e. The maximum absolute atomic E-state index is 11.7. The van der Waals surface area contributed by atoms with Crippen molar-refractivity contribution in [2.75, 3.05) is 0 Å². The van der Waals surface area contributed by atoms with Crippen LogP contribution in [-0.4, -0.2) is 31.3 Å². The quantitative estimate of drug-likeness (QED) is 0.801. The highest BCUT2D eigenvalue weighted by Gasteiger charge is 2.48. The first-order valence-electron chi connectivity index (χ1n) is 4.87. The number of amides is 1. The van der Waals surface area contributed by atoms with Gasteiger partial charge in [0, 0.05) is 0 Å². The molecule has 0 spiro atoms. The Labute approximate surface area is 96.0 Å². The van der Waals surface area contributed by atoms with Gasteiger partial charge in [0.15, 0.2) is 5.69 Å². The molecule has 1 amide bonds. The molecule has 86 valence electrons. The first-order valence-corrected chi connectivity index (χ1v) is 5.60. The predicted molar refractivity (Wildman–Crippen MR) is 56.1 cm³/mol. The van der Waals surface area contributed by atoms with Gasteiger partial charge in [-0.25, -0.2) is 4.79 Å². The minimum absolute atomic E-state index is 0.0144. The zero-order chi connectivity index (χ0) is 11.8. The second-order valence-electron chi connectivity index (χ2n) is 4.03. The lowest BCUT2D eigenvalue weighted by atomic mass is 9.96. The van der Waals surface area contributed by atoms with Crippen LogP contribution >= 0.6 is 11.7 Å². The van der Waals surface area contributed by atoms with Crippen molar-refractivity contribution in [2.24, 2.45) is 5.92 Å². The molecule has 1 aromatic heterocycles. The van der Waals surface area contributed by atoms with E-state index in [1.165, 1.54) is 13.1 Å². The Kier molecular flexibility index (Phi) is 2.63. The van der Waals surface area contributed by atoms with E-state index in [0.717, 1.165) is 24.6 Å². The maximum atomic E-state index is 11.7. The largest absolute Gasteiger partial charge is 0.480 e. The van der Waals surface area contributed by atoms with Gasteiger partial charge in [-0.05, 0) is 25.7 Å². The van der Waals surface area contributed by atoms with E-state index in [1.807, 2.05) is 0 Å². The molecule has 16 heavy (non-hydrogen) atoms. The normalized spacial score (nSPS) is 18.8. The van der Waals surface area contributed by atoms with Crippen LogP contribution in [0.25, 0.3) is 0 Å². The van der Waals surface area contributed by atoms with Crippen LogP contribution in [0, 0.1) is 5.92 Å². The molecule has 0 aliphatic heterocycles. The summed E-state index contributed by atoms with van der Waals surface area (Å²) in [5.41, 5.74) is -1.03.